The van der Waals surface area contributed by atoms with Crippen molar-refractivity contribution in [2.45, 2.75) is 45.1 Å². The number of nitrogens with zero attached hydrogens (tertiary/aromatic N) is 1. The van der Waals surface area contributed by atoms with Crippen LogP contribution in [0, 0.1) is 0 Å². The maximum atomic E-state index is 13.0. The molecule has 2 aliphatic heterocycles. The molecule has 0 spiro atoms. The molecule has 1 atom stereocenters. The fourth-order valence-electron chi connectivity index (χ4n) is 6.37. The van der Waals surface area contributed by atoms with Crippen molar-refractivity contribution in [1.82, 2.24) is 10.2 Å². The highest BCUT2D eigenvalue weighted by Gasteiger charge is 2.44. The van der Waals surface area contributed by atoms with Crippen molar-refractivity contribution >= 4 is 34.8 Å². The number of rotatable bonds is 15. The number of amides is 4. The minimum absolute atomic E-state index is 0.0688. The highest BCUT2D eigenvalue weighted by atomic mass is 16.5. The van der Waals surface area contributed by atoms with E-state index in [-0.39, 0.29) is 29.7 Å². The first-order chi connectivity index (χ1) is 24.8. The van der Waals surface area contributed by atoms with Crippen LogP contribution in [0.15, 0.2) is 97.1 Å². The quantitative estimate of drug-likeness (QED) is 0.0832. The summed E-state index contributed by atoms with van der Waals surface area (Å²) >= 11 is 0. The molecular formula is C41H40N2O8. The zero-order chi connectivity index (χ0) is 35.7. The van der Waals surface area contributed by atoms with Crippen LogP contribution in [-0.4, -0.2) is 66.1 Å². The van der Waals surface area contributed by atoms with E-state index in [2.05, 4.69) is 36.5 Å². The van der Waals surface area contributed by atoms with E-state index in [9.17, 15) is 24.3 Å². The number of hydrogen-bond acceptors (Lipinski definition) is 8. The molecule has 51 heavy (non-hydrogen) atoms. The molecule has 0 saturated carbocycles. The van der Waals surface area contributed by atoms with Crippen molar-refractivity contribution in [3.8, 4) is 17.2 Å². The van der Waals surface area contributed by atoms with E-state index < -0.39 is 29.7 Å². The number of benzene rings is 4. The summed E-state index contributed by atoms with van der Waals surface area (Å²) in [6.07, 6.45) is 2.35. The van der Waals surface area contributed by atoms with Gasteiger partial charge in [-0.15, -0.1) is 0 Å². The molecule has 2 N–H and O–H groups in total. The van der Waals surface area contributed by atoms with Gasteiger partial charge in [0, 0.05) is 32.5 Å². The largest absolute Gasteiger partial charge is 0.508 e. The molecule has 10 heteroatoms. The number of hydrogen-bond donors (Lipinski definition) is 2. The number of phenols is 1. The van der Waals surface area contributed by atoms with Crippen molar-refractivity contribution in [2.24, 2.45) is 0 Å². The molecule has 1 saturated heterocycles. The molecule has 262 valence electrons. The van der Waals surface area contributed by atoms with Gasteiger partial charge in [-0.3, -0.25) is 29.4 Å². The molecule has 2 heterocycles. The summed E-state index contributed by atoms with van der Waals surface area (Å²) in [5.41, 5.74) is 5.98. The summed E-state index contributed by atoms with van der Waals surface area (Å²) in [7, 11) is 0. The second-order valence-corrected chi connectivity index (χ2v) is 12.3. The number of imide groups is 2. The number of carbonyl (C=O) groups is 4. The summed E-state index contributed by atoms with van der Waals surface area (Å²) in [6.45, 7) is 4.00. The minimum atomic E-state index is -1.00. The van der Waals surface area contributed by atoms with Gasteiger partial charge in [0.1, 0.15) is 23.3 Å². The number of phenolic OH excluding ortho intramolecular Hbond substituents is 1. The molecule has 4 amide bonds. The van der Waals surface area contributed by atoms with Crippen molar-refractivity contribution < 1.29 is 38.5 Å². The Morgan fingerprint density at radius 3 is 1.98 bits per heavy atom. The Labute approximate surface area is 296 Å². The van der Waals surface area contributed by atoms with E-state index in [4.69, 9.17) is 14.2 Å². The number of carbonyl (C=O) groups excluding carboxylic acids is 4. The minimum Gasteiger partial charge on any atom is -0.508 e. The lowest BCUT2D eigenvalue weighted by molar-refractivity contribution is -0.136. The number of allylic oxidation sites excluding steroid dienone is 1. The van der Waals surface area contributed by atoms with Crippen LogP contribution in [0.25, 0.3) is 11.1 Å². The van der Waals surface area contributed by atoms with E-state index in [1.54, 1.807) is 18.2 Å². The van der Waals surface area contributed by atoms with Crippen molar-refractivity contribution in [2.75, 3.05) is 26.4 Å². The number of ether oxygens (including phenoxy) is 3. The molecule has 1 unspecified atom stereocenters. The SMILES string of the molecule is CCC(=C(c1ccc(O)cc1)c1ccc(OCCCOCCCOc2ccc3c(c2)C(=O)N(C2CCC(=O)NC2=O)C3=O)cc1)c1ccccc1. The van der Waals surface area contributed by atoms with Gasteiger partial charge in [0.2, 0.25) is 11.8 Å². The third-order valence-corrected chi connectivity index (χ3v) is 8.89. The lowest BCUT2D eigenvalue weighted by Gasteiger charge is -2.27. The Morgan fingerprint density at radius 1 is 0.725 bits per heavy atom. The van der Waals surface area contributed by atoms with Crippen molar-refractivity contribution in [3.63, 3.8) is 0 Å². The zero-order valence-electron chi connectivity index (χ0n) is 28.4. The van der Waals surface area contributed by atoms with Crippen LogP contribution in [0.2, 0.25) is 0 Å². The van der Waals surface area contributed by atoms with Gasteiger partial charge in [0.25, 0.3) is 11.8 Å². The number of piperidine rings is 1. The third kappa shape index (κ3) is 8.19. The second-order valence-electron chi connectivity index (χ2n) is 12.3. The molecule has 0 bridgehead atoms. The Balaban J connectivity index is 0.935. The molecule has 0 aromatic heterocycles. The summed E-state index contributed by atoms with van der Waals surface area (Å²) < 4.78 is 17.5. The highest BCUT2D eigenvalue weighted by molar-refractivity contribution is 6.23. The monoisotopic (exact) mass is 688 g/mol. The molecule has 0 radical (unpaired) electrons. The average Bonchev–Trinajstić information content (AvgIpc) is 3.39. The van der Waals surface area contributed by atoms with E-state index in [0.29, 0.717) is 45.0 Å². The van der Waals surface area contributed by atoms with E-state index >= 15 is 0 Å². The molecule has 4 aromatic carbocycles. The maximum Gasteiger partial charge on any atom is 0.262 e. The van der Waals surface area contributed by atoms with Gasteiger partial charge in [0.05, 0.1) is 24.3 Å². The number of fused-ring (bicyclic) bond motifs is 1. The molecular weight excluding hydrogens is 648 g/mol. The summed E-state index contributed by atoms with van der Waals surface area (Å²) in [6, 6.07) is 29.4. The molecule has 2 aliphatic rings. The standard InChI is InChI=1S/C41H40N2O8/c1-2-33(27-8-4-3-5-9-27)38(28-10-14-30(44)15-11-28)29-12-16-31(17-13-29)50-24-6-22-49-23-7-25-51-32-18-19-34-35(26-32)41(48)43(40(34)47)36-20-21-37(45)42-39(36)46/h3-5,8-19,26,36,44H,2,6-7,20-25H2,1H3,(H,42,45,46). The van der Waals surface area contributed by atoms with Gasteiger partial charge in [-0.25, -0.2) is 0 Å². The fraction of sp³-hybridized carbons (Fsp3) is 0.268. The lowest BCUT2D eigenvalue weighted by atomic mass is 9.88. The topological polar surface area (TPSA) is 131 Å². The van der Waals surface area contributed by atoms with Gasteiger partial charge in [-0.05, 0) is 83.1 Å². The predicted octanol–water partition coefficient (Wildman–Crippen LogP) is 6.42. The summed E-state index contributed by atoms with van der Waals surface area (Å²) in [4.78, 5) is 50.6. The Bertz CT molecular complexity index is 1920. The van der Waals surface area contributed by atoms with Crippen molar-refractivity contribution in [3.05, 3.63) is 125 Å². The summed E-state index contributed by atoms with van der Waals surface area (Å²) in [5.74, 6) is -0.735. The lowest BCUT2D eigenvalue weighted by Crippen LogP contribution is -2.54. The van der Waals surface area contributed by atoms with E-state index in [1.807, 2.05) is 42.5 Å². The van der Waals surface area contributed by atoms with Crippen LogP contribution in [0.3, 0.4) is 0 Å². The van der Waals surface area contributed by atoms with Gasteiger partial charge in [-0.1, -0.05) is 61.5 Å². The fourth-order valence-corrected chi connectivity index (χ4v) is 6.37. The number of nitrogens with one attached hydrogen (secondary N) is 1. The average molecular weight is 689 g/mol. The van der Waals surface area contributed by atoms with E-state index in [0.717, 1.165) is 39.3 Å². The molecule has 10 nitrogen and oxygen atoms in total. The zero-order valence-corrected chi connectivity index (χ0v) is 28.4. The van der Waals surface area contributed by atoms with Gasteiger partial charge >= 0.3 is 0 Å². The van der Waals surface area contributed by atoms with Gasteiger partial charge < -0.3 is 19.3 Å². The third-order valence-electron chi connectivity index (χ3n) is 8.89. The van der Waals surface area contributed by atoms with Crippen LogP contribution in [-0.2, 0) is 14.3 Å². The van der Waals surface area contributed by atoms with Crippen LogP contribution >= 0.6 is 0 Å². The predicted molar refractivity (Wildman–Crippen MR) is 191 cm³/mol. The molecule has 0 aliphatic carbocycles. The maximum absolute atomic E-state index is 13.0. The van der Waals surface area contributed by atoms with Crippen molar-refractivity contribution in [1.29, 1.82) is 0 Å². The Hall–Kier alpha value is -5.74. The van der Waals surface area contributed by atoms with Crippen LogP contribution in [0.4, 0.5) is 0 Å². The van der Waals surface area contributed by atoms with E-state index in [1.165, 1.54) is 17.7 Å². The normalized spacial score (nSPS) is 16.1. The summed E-state index contributed by atoms with van der Waals surface area (Å²) in [5, 5.41) is 12.1. The number of aromatic hydroxyl groups is 1. The van der Waals surface area contributed by atoms with Crippen LogP contribution in [0.1, 0.15) is 76.4 Å². The first kappa shape index (κ1) is 35.1. The van der Waals surface area contributed by atoms with Crippen LogP contribution < -0.4 is 14.8 Å². The van der Waals surface area contributed by atoms with Crippen LogP contribution in [0.5, 0.6) is 17.2 Å². The molecule has 4 aromatic rings. The van der Waals surface area contributed by atoms with Gasteiger partial charge in [-0.2, -0.15) is 0 Å². The second kappa shape index (κ2) is 16.3. The van der Waals surface area contributed by atoms with Gasteiger partial charge in [0.15, 0.2) is 0 Å². The Morgan fingerprint density at radius 2 is 1.33 bits per heavy atom. The smallest absolute Gasteiger partial charge is 0.262 e. The molecule has 1 fully saturated rings. The first-order valence-electron chi connectivity index (χ1n) is 17.2. The first-order valence-corrected chi connectivity index (χ1v) is 17.2. The molecule has 6 rings (SSSR count). The Kier molecular flexibility index (Phi) is 11.2. The highest BCUT2D eigenvalue weighted by Crippen LogP contribution is 2.36.